The molecule has 0 fully saturated rings. The second kappa shape index (κ2) is 8.25. The third-order valence-corrected chi connectivity index (χ3v) is 4.85. The van der Waals surface area contributed by atoms with Crippen molar-refractivity contribution in [3.8, 4) is 34.3 Å². The van der Waals surface area contributed by atoms with E-state index in [2.05, 4.69) is 0 Å². The van der Waals surface area contributed by atoms with Gasteiger partial charge in [0.05, 0.1) is 26.7 Å². The summed E-state index contributed by atoms with van der Waals surface area (Å²) in [6, 6.07) is 19.0. The number of benzene rings is 3. The van der Waals surface area contributed by atoms with Gasteiger partial charge in [-0.25, -0.2) is 0 Å². The Bertz CT molecular complexity index is 1180. The molecule has 0 aliphatic carbocycles. The summed E-state index contributed by atoms with van der Waals surface area (Å²) in [6.45, 7) is 0. The molecule has 152 valence electrons. The molecular weight excluding hydrogens is 380 g/mol. The minimum atomic E-state index is 0.169. The van der Waals surface area contributed by atoms with Crippen molar-refractivity contribution < 1.29 is 23.7 Å². The van der Waals surface area contributed by atoms with E-state index in [1.54, 1.807) is 27.4 Å². The molecule has 0 amide bonds. The topological polar surface area (TPSA) is 61.1 Å². The standard InChI is InChI=1S/C25H22O5/c1-27-23-13-17(14-24(28-2)25(23)29-3)10-9-16-11-20(26)19-15-21(30-22(19)12-16)18-7-5-4-6-8-18/h4-15,26H,1-3H3/b10-9+. The van der Waals surface area contributed by atoms with Crippen LogP contribution >= 0.6 is 0 Å². The number of furan rings is 1. The van der Waals surface area contributed by atoms with Gasteiger partial charge < -0.3 is 23.7 Å². The Morgan fingerprint density at radius 3 is 2.00 bits per heavy atom. The van der Waals surface area contributed by atoms with E-state index in [-0.39, 0.29) is 5.75 Å². The number of hydrogen-bond donors (Lipinski definition) is 1. The van der Waals surface area contributed by atoms with Gasteiger partial charge in [-0.05, 0) is 41.5 Å². The van der Waals surface area contributed by atoms with E-state index in [9.17, 15) is 5.11 Å². The summed E-state index contributed by atoms with van der Waals surface area (Å²) in [6.07, 6.45) is 3.80. The Labute approximate surface area is 174 Å². The van der Waals surface area contributed by atoms with E-state index >= 15 is 0 Å². The maximum absolute atomic E-state index is 10.5. The summed E-state index contributed by atoms with van der Waals surface area (Å²) in [5.74, 6) is 2.58. The third kappa shape index (κ3) is 3.70. The quantitative estimate of drug-likeness (QED) is 0.401. The average molecular weight is 402 g/mol. The highest BCUT2D eigenvalue weighted by molar-refractivity contribution is 5.91. The molecule has 0 bridgehead atoms. The van der Waals surface area contributed by atoms with Gasteiger partial charge >= 0.3 is 0 Å². The first kappa shape index (κ1) is 19.5. The fraction of sp³-hybridized carbons (Fsp3) is 0.120. The lowest BCUT2D eigenvalue weighted by atomic mass is 10.1. The molecule has 1 heterocycles. The highest BCUT2D eigenvalue weighted by atomic mass is 16.5. The molecule has 0 radical (unpaired) electrons. The zero-order chi connectivity index (χ0) is 21.1. The minimum Gasteiger partial charge on any atom is -0.507 e. The van der Waals surface area contributed by atoms with E-state index in [0.717, 1.165) is 16.7 Å². The second-order valence-corrected chi connectivity index (χ2v) is 6.72. The number of aromatic hydroxyl groups is 1. The largest absolute Gasteiger partial charge is 0.507 e. The van der Waals surface area contributed by atoms with Crippen LogP contribution < -0.4 is 14.2 Å². The third-order valence-electron chi connectivity index (χ3n) is 4.85. The summed E-state index contributed by atoms with van der Waals surface area (Å²) < 4.78 is 22.1. The van der Waals surface area contributed by atoms with Crippen LogP contribution in [0.25, 0.3) is 34.4 Å². The summed E-state index contributed by atoms with van der Waals surface area (Å²) in [4.78, 5) is 0. The molecular formula is C25H22O5. The van der Waals surface area contributed by atoms with Gasteiger partial charge in [-0.3, -0.25) is 0 Å². The van der Waals surface area contributed by atoms with Gasteiger partial charge in [0.25, 0.3) is 0 Å². The normalized spacial score (nSPS) is 11.2. The van der Waals surface area contributed by atoms with Crippen molar-refractivity contribution >= 4 is 23.1 Å². The van der Waals surface area contributed by atoms with Crippen molar-refractivity contribution in [3.63, 3.8) is 0 Å². The van der Waals surface area contributed by atoms with Crippen LogP contribution in [0.2, 0.25) is 0 Å². The number of methoxy groups -OCH3 is 3. The Balaban J connectivity index is 1.70. The molecule has 4 aromatic rings. The van der Waals surface area contributed by atoms with Crippen LogP contribution in [-0.2, 0) is 0 Å². The number of fused-ring (bicyclic) bond motifs is 1. The van der Waals surface area contributed by atoms with Gasteiger partial charge in [0.1, 0.15) is 17.1 Å². The zero-order valence-electron chi connectivity index (χ0n) is 17.0. The van der Waals surface area contributed by atoms with Crippen molar-refractivity contribution in [2.75, 3.05) is 21.3 Å². The molecule has 4 rings (SSSR count). The average Bonchev–Trinajstić information content (AvgIpc) is 3.22. The van der Waals surface area contributed by atoms with E-state index in [1.165, 1.54) is 0 Å². The van der Waals surface area contributed by atoms with Crippen molar-refractivity contribution in [1.82, 2.24) is 0 Å². The van der Waals surface area contributed by atoms with Crippen LogP contribution in [0.3, 0.4) is 0 Å². The molecule has 0 aliphatic heterocycles. The first-order chi connectivity index (χ1) is 14.6. The predicted molar refractivity (Wildman–Crippen MR) is 118 cm³/mol. The van der Waals surface area contributed by atoms with Crippen LogP contribution in [0.1, 0.15) is 11.1 Å². The van der Waals surface area contributed by atoms with Crippen LogP contribution in [0.15, 0.2) is 65.1 Å². The molecule has 0 aliphatic rings. The molecule has 1 N–H and O–H groups in total. The fourth-order valence-electron chi connectivity index (χ4n) is 3.37. The Morgan fingerprint density at radius 2 is 1.40 bits per heavy atom. The number of ether oxygens (including phenoxy) is 3. The SMILES string of the molecule is COc1cc(/C=C/c2cc(O)c3cc(-c4ccccc4)oc3c2)cc(OC)c1OC. The molecule has 0 spiro atoms. The molecule has 0 atom stereocenters. The van der Waals surface area contributed by atoms with Gasteiger partial charge in [-0.2, -0.15) is 0 Å². The molecule has 1 aromatic heterocycles. The maximum Gasteiger partial charge on any atom is 0.203 e. The van der Waals surface area contributed by atoms with Gasteiger partial charge in [0.2, 0.25) is 5.75 Å². The van der Waals surface area contributed by atoms with Crippen molar-refractivity contribution in [2.24, 2.45) is 0 Å². The lowest BCUT2D eigenvalue weighted by Gasteiger charge is -2.12. The van der Waals surface area contributed by atoms with E-state index in [1.807, 2.05) is 66.7 Å². The molecule has 0 saturated heterocycles. The van der Waals surface area contributed by atoms with Crippen LogP contribution in [0.4, 0.5) is 0 Å². The highest BCUT2D eigenvalue weighted by Crippen LogP contribution is 2.39. The van der Waals surface area contributed by atoms with Crippen molar-refractivity contribution in [3.05, 3.63) is 71.8 Å². The molecule has 30 heavy (non-hydrogen) atoms. The van der Waals surface area contributed by atoms with E-state index in [0.29, 0.717) is 34.0 Å². The number of phenols is 1. The van der Waals surface area contributed by atoms with Crippen LogP contribution in [0.5, 0.6) is 23.0 Å². The lowest BCUT2D eigenvalue weighted by Crippen LogP contribution is -1.95. The second-order valence-electron chi connectivity index (χ2n) is 6.72. The van der Waals surface area contributed by atoms with Gasteiger partial charge in [0.15, 0.2) is 11.5 Å². The monoisotopic (exact) mass is 402 g/mol. The summed E-state index contributed by atoms with van der Waals surface area (Å²) in [7, 11) is 4.73. The fourth-order valence-corrected chi connectivity index (χ4v) is 3.37. The first-order valence-electron chi connectivity index (χ1n) is 9.43. The smallest absolute Gasteiger partial charge is 0.203 e. The molecule has 0 saturated carbocycles. The maximum atomic E-state index is 10.5. The molecule has 0 unspecified atom stereocenters. The van der Waals surface area contributed by atoms with Gasteiger partial charge in [-0.1, -0.05) is 42.5 Å². The van der Waals surface area contributed by atoms with Crippen LogP contribution in [-0.4, -0.2) is 26.4 Å². The van der Waals surface area contributed by atoms with Crippen LogP contribution in [0, 0.1) is 0 Å². The summed E-state index contributed by atoms with van der Waals surface area (Å²) in [5.41, 5.74) is 3.26. The number of hydrogen-bond acceptors (Lipinski definition) is 5. The number of phenolic OH excluding ortho intramolecular Hbond substituents is 1. The molecule has 5 heteroatoms. The van der Waals surface area contributed by atoms with Crippen molar-refractivity contribution in [1.29, 1.82) is 0 Å². The van der Waals surface area contributed by atoms with E-state index in [4.69, 9.17) is 18.6 Å². The highest BCUT2D eigenvalue weighted by Gasteiger charge is 2.13. The minimum absolute atomic E-state index is 0.169. The van der Waals surface area contributed by atoms with Gasteiger partial charge in [-0.15, -0.1) is 0 Å². The first-order valence-corrected chi connectivity index (χ1v) is 9.43. The molecule has 3 aromatic carbocycles. The zero-order valence-corrected chi connectivity index (χ0v) is 17.0. The molecule has 5 nitrogen and oxygen atoms in total. The summed E-state index contributed by atoms with van der Waals surface area (Å²) in [5, 5.41) is 11.2. The Morgan fingerprint density at radius 1 is 0.767 bits per heavy atom. The Kier molecular flexibility index (Phi) is 5.35. The lowest BCUT2D eigenvalue weighted by molar-refractivity contribution is 0.324. The van der Waals surface area contributed by atoms with Gasteiger partial charge in [0, 0.05) is 5.56 Å². The Hall–Kier alpha value is -3.86. The summed E-state index contributed by atoms with van der Waals surface area (Å²) >= 11 is 0. The van der Waals surface area contributed by atoms with E-state index < -0.39 is 0 Å². The van der Waals surface area contributed by atoms with Crippen molar-refractivity contribution in [2.45, 2.75) is 0 Å². The predicted octanol–water partition coefficient (Wildman–Crippen LogP) is 6.00. The number of rotatable bonds is 6.